The summed E-state index contributed by atoms with van der Waals surface area (Å²) >= 11 is 0. The zero-order valence-corrected chi connectivity index (χ0v) is 13.3. The van der Waals surface area contributed by atoms with E-state index in [0.29, 0.717) is 25.1 Å². The van der Waals surface area contributed by atoms with Gasteiger partial charge >= 0.3 is 0 Å². The van der Waals surface area contributed by atoms with Gasteiger partial charge in [0.15, 0.2) is 5.69 Å². The number of hydrogen-bond donors (Lipinski definition) is 2. The number of rotatable bonds is 6. The molecule has 0 aliphatic carbocycles. The summed E-state index contributed by atoms with van der Waals surface area (Å²) in [5.74, 6) is -0.553. The van der Waals surface area contributed by atoms with Crippen LogP contribution in [0.25, 0.3) is 0 Å². The molecule has 1 aromatic heterocycles. The Labute approximate surface area is 127 Å². The fraction of sp³-hybridized carbons (Fsp3) is 0.667. The molecule has 2 heterocycles. The topological polar surface area (TPSA) is 101 Å². The van der Waals surface area contributed by atoms with Gasteiger partial charge in [-0.15, -0.1) is 0 Å². The third-order valence-corrected chi connectivity index (χ3v) is 4.77. The molecule has 2 rings (SSSR count). The van der Waals surface area contributed by atoms with Crippen molar-refractivity contribution in [2.24, 2.45) is 0 Å². The molecule has 0 bridgehead atoms. The second-order valence-corrected chi connectivity index (χ2v) is 7.35. The monoisotopic (exact) mass is 335 g/mol. The Hall–Kier alpha value is -1.12. The molecule has 21 heavy (non-hydrogen) atoms. The lowest BCUT2D eigenvalue weighted by atomic mass is 10.2. The molecule has 1 amide bonds. The van der Waals surface area contributed by atoms with Crippen LogP contribution < -0.4 is 5.32 Å². The molecule has 0 aromatic carbocycles. The van der Waals surface area contributed by atoms with Gasteiger partial charge in [-0.2, -0.15) is 5.10 Å². The summed E-state index contributed by atoms with van der Waals surface area (Å²) in [4.78, 5) is 11.8. The molecule has 1 saturated heterocycles. The summed E-state index contributed by atoms with van der Waals surface area (Å²) in [7, 11) is 1.36. The molecule has 9 heteroatoms. The SMILES string of the molecule is CCc1[nH]nc(C(=O)NCCC2CCCO2)c1S(=O)(=O)Cl. The number of H-pyrrole nitrogens is 1. The van der Waals surface area contributed by atoms with Gasteiger partial charge in [-0.3, -0.25) is 9.89 Å². The van der Waals surface area contributed by atoms with Crippen molar-refractivity contribution >= 4 is 25.6 Å². The zero-order chi connectivity index (χ0) is 15.5. The summed E-state index contributed by atoms with van der Waals surface area (Å²) in [5, 5.41) is 8.97. The molecule has 2 N–H and O–H groups in total. The van der Waals surface area contributed by atoms with Crippen molar-refractivity contribution in [2.75, 3.05) is 13.2 Å². The van der Waals surface area contributed by atoms with E-state index in [0.717, 1.165) is 19.4 Å². The highest BCUT2D eigenvalue weighted by molar-refractivity contribution is 8.13. The van der Waals surface area contributed by atoms with Gasteiger partial charge < -0.3 is 10.1 Å². The minimum Gasteiger partial charge on any atom is -0.378 e. The Bertz CT molecular complexity index is 608. The fourth-order valence-corrected chi connectivity index (χ4v) is 3.68. The number of aromatic nitrogens is 2. The van der Waals surface area contributed by atoms with Crippen molar-refractivity contribution in [1.82, 2.24) is 15.5 Å². The Morgan fingerprint density at radius 3 is 2.90 bits per heavy atom. The van der Waals surface area contributed by atoms with E-state index in [9.17, 15) is 13.2 Å². The summed E-state index contributed by atoms with van der Waals surface area (Å²) in [5.41, 5.74) is 0.142. The van der Waals surface area contributed by atoms with Crippen LogP contribution >= 0.6 is 10.7 Å². The van der Waals surface area contributed by atoms with Gasteiger partial charge in [-0.25, -0.2) is 8.42 Å². The van der Waals surface area contributed by atoms with Gasteiger partial charge in [0.2, 0.25) is 0 Å². The molecule has 0 spiro atoms. The Kier molecular flexibility index (Phi) is 5.23. The van der Waals surface area contributed by atoms with Gasteiger partial charge in [0.05, 0.1) is 11.8 Å². The first-order valence-corrected chi connectivity index (χ1v) is 9.16. The van der Waals surface area contributed by atoms with Gasteiger partial charge in [-0.1, -0.05) is 6.92 Å². The number of carbonyl (C=O) groups is 1. The van der Waals surface area contributed by atoms with E-state index in [-0.39, 0.29) is 16.7 Å². The van der Waals surface area contributed by atoms with E-state index in [4.69, 9.17) is 15.4 Å². The standard InChI is InChI=1S/C12H18ClN3O4S/c1-2-9-11(21(13,18)19)10(16-15-9)12(17)14-6-5-8-4-3-7-20-8/h8H,2-7H2,1H3,(H,14,17)(H,15,16). The molecular weight excluding hydrogens is 318 g/mol. The number of amides is 1. The van der Waals surface area contributed by atoms with Crippen molar-refractivity contribution in [2.45, 2.75) is 43.6 Å². The molecule has 1 aliphatic heterocycles. The van der Waals surface area contributed by atoms with Crippen LogP contribution in [0.1, 0.15) is 42.4 Å². The van der Waals surface area contributed by atoms with Crippen molar-refractivity contribution in [3.8, 4) is 0 Å². The van der Waals surface area contributed by atoms with Crippen molar-refractivity contribution in [3.05, 3.63) is 11.4 Å². The van der Waals surface area contributed by atoms with Gasteiger partial charge in [0, 0.05) is 23.8 Å². The van der Waals surface area contributed by atoms with Crippen LogP contribution in [0.3, 0.4) is 0 Å². The maximum atomic E-state index is 12.1. The Morgan fingerprint density at radius 1 is 1.57 bits per heavy atom. The van der Waals surface area contributed by atoms with Gasteiger partial charge in [-0.05, 0) is 25.7 Å². The molecule has 1 unspecified atom stereocenters. The summed E-state index contributed by atoms with van der Waals surface area (Å²) < 4.78 is 28.6. The zero-order valence-electron chi connectivity index (χ0n) is 11.7. The number of nitrogens with zero attached hydrogens (tertiary/aromatic N) is 1. The average molecular weight is 336 g/mol. The van der Waals surface area contributed by atoms with E-state index in [1.165, 1.54) is 0 Å². The fourth-order valence-electron chi connectivity index (χ4n) is 2.33. The third-order valence-electron chi connectivity index (χ3n) is 3.38. The van der Waals surface area contributed by atoms with Crippen molar-refractivity contribution < 1.29 is 17.9 Å². The predicted molar refractivity (Wildman–Crippen MR) is 76.9 cm³/mol. The van der Waals surface area contributed by atoms with Gasteiger partial charge in [0.1, 0.15) is 4.90 Å². The average Bonchev–Trinajstić information content (AvgIpc) is 3.06. The number of hydrogen-bond acceptors (Lipinski definition) is 5. The van der Waals surface area contributed by atoms with Crippen molar-refractivity contribution in [3.63, 3.8) is 0 Å². The summed E-state index contributed by atoms with van der Waals surface area (Å²) in [6.07, 6.45) is 3.26. The third kappa shape index (κ3) is 3.96. The normalized spacial score (nSPS) is 18.9. The van der Waals surface area contributed by atoms with E-state index in [1.54, 1.807) is 6.92 Å². The predicted octanol–water partition coefficient (Wildman–Crippen LogP) is 1.20. The molecule has 0 saturated carbocycles. The molecular formula is C12H18ClN3O4S. The minimum atomic E-state index is -4.03. The molecule has 7 nitrogen and oxygen atoms in total. The van der Waals surface area contributed by atoms with Crippen LogP contribution in [0.4, 0.5) is 0 Å². The van der Waals surface area contributed by atoms with E-state index in [2.05, 4.69) is 15.5 Å². The first-order chi connectivity index (χ1) is 9.93. The van der Waals surface area contributed by atoms with E-state index in [1.807, 2.05) is 0 Å². The molecule has 118 valence electrons. The number of halogens is 1. The molecule has 1 aliphatic rings. The maximum absolute atomic E-state index is 12.1. The van der Waals surface area contributed by atoms with Crippen LogP contribution in [0.5, 0.6) is 0 Å². The van der Waals surface area contributed by atoms with Gasteiger partial charge in [0.25, 0.3) is 15.0 Å². The number of aryl methyl sites for hydroxylation is 1. The van der Waals surface area contributed by atoms with E-state index >= 15 is 0 Å². The van der Waals surface area contributed by atoms with Crippen LogP contribution in [0, 0.1) is 0 Å². The Morgan fingerprint density at radius 2 is 2.33 bits per heavy atom. The Balaban J connectivity index is 2.03. The molecule has 1 atom stereocenters. The summed E-state index contributed by atoms with van der Waals surface area (Å²) in [6.45, 7) is 2.91. The highest BCUT2D eigenvalue weighted by atomic mass is 35.7. The lowest BCUT2D eigenvalue weighted by molar-refractivity contribution is 0.0900. The number of aromatic amines is 1. The molecule has 1 aromatic rings. The second-order valence-electron chi connectivity index (χ2n) is 4.85. The lowest BCUT2D eigenvalue weighted by Crippen LogP contribution is -2.28. The summed E-state index contributed by atoms with van der Waals surface area (Å²) in [6, 6.07) is 0. The number of carbonyl (C=O) groups excluding carboxylic acids is 1. The van der Waals surface area contributed by atoms with Crippen LogP contribution in [-0.2, 0) is 20.2 Å². The molecule has 1 fully saturated rings. The van der Waals surface area contributed by atoms with E-state index < -0.39 is 15.0 Å². The lowest BCUT2D eigenvalue weighted by Gasteiger charge is -2.09. The van der Waals surface area contributed by atoms with Crippen molar-refractivity contribution in [1.29, 1.82) is 0 Å². The largest absolute Gasteiger partial charge is 0.378 e. The number of ether oxygens (including phenoxy) is 1. The first-order valence-electron chi connectivity index (χ1n) is 6.85. The van der Waals surface area contributed by atoms with Crippen LogP contribution in [0.2, 0.25) is 0 Å². The quantitative estimate of drug-likeness (QED) is 0.761. The highest BCUT2D eigenvalue weighted by Crippen LogP contribution is 2.23. The van der Waals surface area contributed by atoms with Crippen LogP contribution in [-0.4, -0.2) is 43.8 Å². The first kappa shape index (κ1) is 16.3. The smallest absolute Gasteiger partial charge is 0.273 e. The minimum absolute atomic E-state index is 0.159. The maximum Gasteiger partial charge on any atom is 0.273 e. The highest BCUT2D eigenvalue weighted by Gasteiger charge is 2.27. The van der Waals surface area contributed by atoms with Crippen LogP contribution in [0.15, 0.2) is 4.90 Å². The second kappa shape index (κ2) is 6.76. The number of nitrogens with one attached hydrogen (secondary N) is 2. The molecule has 0 radical (unpaired) electrons.